The van der Waals surface area contributed by atoms with Crippen LogP contribution in [-0.4, -0.2) is 103 Å². The molecule has 1 aliphatic rings. The van der Waals surface area contributed by atoms with Gasteiger partial charge in [0, 0.05) is 57.5 Å². The first-order valence-corrected chi connectivity index (χ1v) is 22.0. The molecule has 1 aromatic heterocycles. The van der Waals surface area contributed by atoms with Crippen molar-refractivity contribution >= 4 is 39.9 Å². The van der Waals surface area contributed by atoms with E-state index in [1.165, 1.54) is 18.6 Å². The second-order valence-corrected chi connectivity index (χ2v) is 17.9. The molecule has 54 heavy (non-hydrogen) atoms. The smallest absolute Gasteiger partial charge is 0.410 e. The van der Waals surface area contributed by atoms with Crippen molar-refractivity contribution in [2.24, 2.45) is 11.8 Å². The minimum atomic E-state index is -5.22. The van der Waals surface area contributed by atoms with Crippen molar-refractivity contribution in [2.75, 3.05) is 32.8 Å². The number of aromatic nitrogens is 2. The molecule has 1 aromatic carbocycles. The molecule has 19 heteroatoms. The molecule has 0 unspecified atom stereocenters. The quantitative estimate of drug-likeness (QED) is 0.0458. The SMILES string of the molecule is CC(C)C[C@@H](NC(=O)[C@H](CC(=O)c1cnccn1)Cc1ccccc1)B1OCCCN(CCCCCCCC(=O)NC(P(=O)(O)O)P(=O)(O)O)CCCO1. The lowest BCUT2D eigenvalue weighted by Gasteiger charge is -2.30. The number of nitrogens with one attached hydrogen (secondary N) is 2. The second kappa shape index (κ2) is 23.3. The third kappa shape index (κ3) is 17.3. The number of amides is 2. The molecule has 16 nitrogen and oxygen atoms in total. The van der Waals surface area contributed by atoms with Crippen LogP contribution in [0.4, 0.5) is 0 Å². The van der Waals surface area contributed by atoms with Crippen molar-refractivity contribution < 1.29 is 52.4 Å². The van der Waals surface area contributed by atoms with Gasteiger partial charge in [0.1, 0.15) is 5.69 Å². The number of benzene rings is 1. The molecule has 0 aliphatic carbocycles. The van der Waals surface area contributed by atoms with E-state index < -0.39 is 45.6 Å². The van der Waals surface area contributed by atoms with E-state index in [0.717, 1.165) is 57.3 Å². The maximum atomic E-state index is 13.9. The number of hydrogen-bond acceptors (Lipinski definition) is 10. The number of ketones is 1. The Bertz CT molecular complexity index is 1500. The molecule has 3 rings (SSSR count). The lowest BCUT2D eigenvalue weighted by molar-refractivity contribution is -0.125. The number of hydrogen-bond donors (Lipinski definition) is 6. The van der Waals surface area contributed by atoms with Gasteiger partial charge in [-0.05, 0) is 56.6 Å². The minimum absolute atomic E-state index is 0.0167. The third-order valence-corrected chi connectivity index (χ3v) is 12.3. The van der Waals surface area contributed by atoms with E-state index in [4.69, 9.17) is 28.9 Å². The van der Waals surface area contributed by atoms with Crippen LogP contribution >= 0.6 is 15.2 Å². The summed E-state index contributed by atoms with van der Waals surface area (Å²) in [7, 11) is -11.1. The molecule has 0 radical (unpaired) electrons. The molecule has 0 saturated carbocycles. The van der Waals surface area contributed by atoms with Crippen molar-refractivity contribution in [1.29, 1.82) is 0 Å². The summed E-state index contributed by atoms with van der Waals surface area (Å²) in [6, 6.07) is 9.61. The van der Waals surface area contributed by atoms with E-state index in [2.05, 4.69) is 34.0 Å². The van der Waals surface area contributed by atoms with E-state index in [9.17, 15) is 23.5 Å². The zero-order chi connectivity index (χ0) is 39.6. The van der Waals surface area contributed by atoms with Crippen LogP contribution in [0.2, 0.25) is 0 Å². The summed E-state index contributed by atoms with van der Waals surface area (Å²) in [4.78, 5) is 86.2. The summed E-state index contributed by atoms with van der Waals surface area (Å²) in [6.45, 7) is 7.57. The monoisotopic (exact) mass is 795 g/mol. The Labute approximate surface area is 318 Å². The number of unbranched alkanes of at least 4 members (excludes halogenated alkanes) is 4. The molecule has 0 spiro atoms. The van der Waals surface area contributed by atoms with Gasteiger partial charge < -0.3 is 44.4 Å². The van der Waals surface area contributed by atoms with Crippen LogP contribution in [0.15, 0.2) is 48.9 Å². The normalized spacial score (nSPS) is 16.2. The molecule has 2 atom stereocenters. The van der Waals surface area contributed by atoms with Crippen molar-refractivity contribution in [1.82, 2.24) is 25.5 Å². The number of carbonyl (C=O) groups excluding carboxylic acids is 3. The Morgan fingerprint density at radius 3 is 2.11 bits per heavy atom. The highest BCUT2D eigenvalue weighted by Crippen LogP contribution is 2.58. The van der Waals surface area contributed by atoms with Gasteiger partial charge in [-0.1, -0.05) is 63.4 Å². The highest BCUT2D eigenvalue weighted by molar-refractivity contribution is 7.70. The Hall–Kier alpha value is -2.85. The Morgan fingerprint density at radius 2 is 1.52 bits per heavy atom. The molecular weight excluding hydrogens is 739 g/mol. The molecular formula is C35H56BN5O11P2. The van der Waals surface area contributed by atoms with Gasteiger partial charge in [-0.3, -0.25) is 28.5 Å². The lowest BCUT2D eigenvalue weighted by Crippen LogP contribution is -2.52. The van der Waals surface area contributed by atoms with Crippen LogP contribution in [0.25, 0.3) is 0 Å². The summed E-state index contributed by atoms with van der Waals surface area (Å²) < 4.78 is 35.2. The maximum absolute atomic E-state index is 13.9. The molecule has 1 aliphatic heterocycles. The molecule has 1 saturated heterocycles. The molecule has 2 amide bonds. The standard InChI is InChI=1S/C35H56BN5O11P2/c1-27(2)23-32(39-34(44)29(24-28-13-7-6-8-14-28)25-31(42)30-26-37-16-17-38-30)36-51-21-11-19-41(20-12-22-52-36)18-10-5-3-4-9-15-33(43)40-35(53(45,46)47)54(48,49)50/h6-8,13-14,16-17,26-27,29,32,35H,3-5,9-12,15,18-25H2,1-2H3,(H,39,44)(H,40,43)(H2,45,46,47)(H2,48,49,50)/t29-,32+/m0/s1. The van der Waals surface area contributed by atoms with E-state index in [0.29, 0.717) is 38.9 Å². The number of Topliss-reactive ketones (excluding diaryl/α,β-unsaturated/α-hetero) is 1. The summed E-state index contributed by atoms with van der Waals surface area (Å²) in [5.74, 6) is -2.11. The third-order valence-electron chi connectivity index (χ3n) is 8.96. The first-order chi connectivity index (χ1) is 25.6. The topological polar surface area (TPSA) is 238 Å². The Morgan fingerprint density at radius 1 is 0.889 bits per heavy atom. The van der Waals surface area contributed by atoms with Gasteiger partial charge in [-0.2, -0.15) is 0 Å². The summed E-state index contributed by atoms with van der Waals surface area (Å²) in [6.07, 6.45) is 10.6. The van der Waals surface area contributed by atoms with Gasteiger partial charge >= 0.3 is 22.3 Å². The first kappa shape index (κ1) is 45.5. The molecule has 2 heterocycles. The van der Waals surface area contributed by atoms with E-state index in [-0.39, 0.29) is 36.1 Å². The van der Waals surface area contributed by atoms with E-state index in [1.54, 1.807) is 5.32 Å². The Kier molecular flexibility index (Phi) is 19.6. The van der Waals surface area contributed by atoms with Gasteiger partial charge in [-0.15, -0.1) is 0 Å². The van der Waals surface area contributed by atoms with Crippen molar-refractivity contribution in [3.8, 4) is 0 Å². The molecule has 6 N–H and O–H groups in total. The second-order valence-electron chi connectivity index (χ2n) is 14.1. The van der Waals surface area contributed by atoms with E-state index >= 15 is 0 Å². The molecule has 0 bridgehead atoms. The first-order valence-electron chi connectivity index (χ1n) is 18.6. The average molecular weight is 796 g/mol. The molecule has 2 aromatic rings. The van der Waals surface area contributed by atoms with Gasteiger partial charge in [-0.25, -0.2) is 4.98 Å². The summed E-state index contributed by atoms with van der Waals surface area (Å²) >= 11 is 0. The fourth-order valence-corrected chi connectivity index (χ4v) is 8.49. The number of rotatable bonds is 21. The van der Waals surface area contributed by atoms with Crippen LogP contribution in [0.1, 0.15) is 94.1 Å². The molecule has 300 valence electrons. The van der Waals surface area contributed by atoms with Crippen LogP contribution < -0.4 is 10.6 Å². The summed E-state index contributed by atoms with van der Waals surface area (Å²) in [5.41, 5.74) is -1.36. The van der Waals surface area contributed by atoms with Crippen LogP contribution in [-0.2, 0) is 34.4 Å². The lowest BCUT2D eigenvalue weighted by atomic mass is 9.73. The average Bonchev–Trinajstić information content (AvgIpc) is 3.11. The van der Waals surface area contributed by atoms with Gasteiger partial charge in [0.2, 0.25) is 17.3 Å². The van der Waals surface area contributed by atoms with Crippen molar-refractivity contribution in [2.45, 2.75) is 95.9 Å². The van der Waals surface area contributed by atoms with Gasteiger partial charge in [0.15, 0.2) is 5.78 Å². The fraction of sp³-hybridized carbons (Fsp3) is 0.629. The summed E-state index contributed by atoms with van der Waals surface area (Å²) in [5, 5.41) is 4.98. The van der Waals surface area contributed by atoms with Gasteiger partial charge in [0.25, 0.3) is 0 Å². The largest absolute Gasteiger partial charge is 0.480 e. The zero-order valence-corrected chi connectivity index (χ0v) is 33.0. The predicted molar refractivity (Wildman–Crippen MR) is 203 cm³/mol. The highest BCUT2D eigenvalue weighted by atomic mass is 31.2. The van der Waals surface area contributed by atoms with Gasteiger partial charge in [0.05, 0.1) is 12.1 Å². The zero-order valence-electron chi connectivity index (χ0n) is 31.2. The number of nitrogens with zero attached hydrogens (tertiary/aromatic N) is 3. The highest BCUT2D eigenvalue weighted by Gasteiger charge is 2.44. The maximum Gasteiger partial charge on any atom is 0.480 e. The van der Waals surface area contributed by atoms with E-state index in [1.807, 2.05) is 30.3 Å². The van der Waals surface area contributed by atoms with Crippen molar-refractivity contribution in [3.05, 3.63) is 60.2 Å². The Balaban J connectivity index is 1.46. The van der Waals surface area contributed by atoms with Crippen molar-refractivity contribution in [3.63, 3.8) is 0 Å². The minimum Gasteiger partial charge on any atom is -0.410 e. The fourth-order valence-electron chi connectivity index (χ4n) is 6.30. The number of carbonyl (C=O) groups is 3. The molecule has 1 fully saturated rings. The van der Waals surface area contributed by atoms with Crippen LogP contribution in [0, 0.1) is 11.8 Å². The predicted octanol–water partition coefficient (Wildman–Crippen LogP) is 3.69. The van der Waals surface area contributed by atoms with Crippen LogP contribution in [0.5, 0.6) is 0 Å². The van der Waals surface area contributed by atoms with Crippen LogP contribution in [0.3, 0.4) is 0 Å².